The van der Waals surface area contributed by atoms with Crippen molar-refractivity contribution in [3.05, 3.63) is 53.4 Å². The Labute approximate surface area is 195 Å². The Morgan fingerprint density at radius 2 is 1.97 bits per heavy atom. The fourth-order valence-corrected chi connectivity index (χ4v) is 4.87. The van der Waals surface area contributed by atoms with Crippen LogP contribution in [0.3, 0.4) is 0 Å². The number of aryl methyl sites for hydroxylation is 1. The summed E-state index contributed by atoms with van der Waals surface area (Å²) >= 11 is 1.54. The Morgan fingerprint density at radius 1 is 1.15 bits per heavy atom. The average Bonchev–Trinajstić information content (AvgIpc) is 3.49. The van der Waals surface area contributed by atoms with Crippen LogP contribution in [0.2, 0.25) is 0 Å². The first-order valence-electron chi connectivity index (χ1n) is 11.0. The van der Waals surface area contributed by atoms with Crippen LogP contribution >= 0.6 is 11.3 Å². The quantitative estimate of drug-likeness (QED) is 0.434. The lowest BCUT2D eigenvalue weighted by molar-refractivity contribution is -0.130. The zero-order valence-corrected chi connectivity index (χ0v) is 19.5. The minimum absolute atomic E-state index is 0.0985. The van der Waals surface area contributed by atoms with Crippen LogP contribution in [0.1, 0.15) is 18.3 Å². The monoisotopic (exact) mass is 463 g/mol. The first-order valence-corrected chi connectivity index (χ1v) is 11.9. The summed E-state index contributed by atoms with van der Waals surface area (Å²) in [7, 11) is 0. The van der Waals surface area contributed by atoms with Crippen LogP contribution < -0.4 is 9.64 Å². The van der Waals surface area contributed by atoms with Gasteiger partial charge in [-0.2, -0.15) is 14.6 Å². The van der Waals surface area contributed by atoms with Crippen LogP contribution in [-0.2, 0) is 11.2 Å². The highest BCUT2D eigenvalue weighted by Crippen LogP contribution is 2.32. The molecule has 0 saturated carbocycles. The summed E-state index contributed by atoms with van der Waals surface area (Å²) in [6, 6.07) is 9.88. The molecule has 1 fully saturated rings. The molecule has 33 heavy (non-hydrogen) atoms. The minimum atomic E-state index is 0.0985. The van der Waals surface area contributed by atoms with Crippen LogP contribution in [0.5, 0.6) is 5.75 Å². The van der Waals surface area contributed by atoms with Crippen LogP contribution in [-0.4, -0.2) is 68.2 Å². The summed E-state index contributed by atoms with van der Waals surface area (Å²) in [5.74, 6) is 2.46. The third-order valence-electron chi connectivity index (χ3n) is 5.62. The largest absolute Gasteiger partial charge is 0.493 e. The molecule has 4 heterocycles. The molecule has 1 amide bonds. The SMILES string of the molecule is CCOc1ccccc1-c1nc(CC(=O)N2CCN(c3cc(C)nc4ncnn34)CC2)cs1. The normalized spacial score (nSPS) is 14.1. The Kier molecular flexibility index (Phi) is 5.91. The van der Waals surface area contributed by atoms with E-state index in [9.17, 15) is 4.79 Å². The van der Waals surface area contributed by atoms with Crippen molar-refractivity contribution < 1.29 is 9.53 Å². The first kappa shape index (κ1) is 21.3. The van der Waals surface area contributed by atoms with Gasteiger partial charge in [0, 0.05) is 43.3 Å². The highest BCUT2D eigenvalue weighted by Gasteiger charge is 2.24. The van der Waals surface area contributed by atoms with Gasteiger partial charge in [-0.05, 0) is 26.0 Å². The highest BCUT2D eigenvalue weighted by molar-refractivity contribution is 7.13. The van der Waals surface area contributed by atoms with Gasteiger partial charge in [-0.25, -0.2) is 9.97 Å². The van der Waals surface area contributed by atoms with Crippen molar-refractivity contribution in [2.24, 2.45) is 0 Å². The number of para-hydroxylation sites is 1. The summed E-state index contributed by atoms with van der Waals surface area (Å²) in [5, 5.41) is 7.13. The number of anilines is 1. The molecule has 0 aliphatic carbocycles. The molecule has 0 bridgehead atoms. The molecule has 4 aromatic rings. The van der Waals surface area contributed by atoms with Crippen molar-refractivity contribution in [1.29, 1.82) is 0 Å². The summed E-state index contributed by atoms with van der Waals surface area (Å²) in [6.45, 7) is 7.28. The topological polar surface area (TPSA) is 88.8 Å². The van der Waals surface area contributed by atoms with Crippen molar-refractivity contribution in [3.8, 4) is 16.3 Å². The third-order valence-corrected chi connectivity index (χ3v) is 6.54. The predicted molar refractivity (Wildman–Crippen MR) is 127 cm³/mol. The number of aromatic nitrogens is 5. The summed E-state index contributed by atoms with van der Waals surface area (Å²) in [6.07, 6.45) is 1.81. The number of amides is 1. The molecule has 0 radical (unpaired) electrons. The van der Waals surface area contributed by atoms with Gasteiger partial charge < -0.3 is 14.5 Å². The zero-order chi connectivity index (χ0) is 22.8. The van der Waals surface area contributed by atoms with Crippen LogP contribution in [0.15, 0.2) is 42.0 Å². The number of thiazole rings is 1. The Hall–Kier alpha value is -3.53. The number of ether oxygens (including phenoxy) is 1. The van der Waals surface area contributed by atoms with Gasteiger partial charge in [0.1, 0.15) is 22.9 Å². The fraction of sp³-hybridized carbons (Fsp3) is 0.348. The van der Waals surface area contributed by atoms with Crippen molar-refractivity contribution in [2.75, 3.05) is 37.7 Å². The Morgan fingerprint density at radius 3 is 2.79 bits per heavy atom. The molecule has 0 N–H and O–H groups in total. The molecule has 1 aromatic carbocycles. The second-order valence-electron chi connectivity index (χ2n) is 7.85. The molecule has 1 aliphatic rings. The van der Waals surface area contributed by atoms with Gasteiger partial charge in [-0.15, -0.1) is 11.3 Å². The van der Waals surface area contributed by atoms with E-state index in [-0.39, 0.29) is 5.91 Å². The molecule has 3 aromatic heterocycles. The van der Waals surface area contributed by atoms with Gasteiger partial charge in [-0.1, -0.05) is 12.1 Å². The lowest BCUT2D eigenvalue weighted by Gasteiger charge is -2.36. The molecule has 170 valence electrons. The van der Waals surface area contributed by atoms with E-state index in [4.69, 9.17) is 9.72 Å². The lowest BCUT2D eigenvalue weighted by atomic mass is 10.2. The maximum absolute atomic E-state index is 13.0. The Bertz CT molecular complexity index is 1280. The molecule has 0 atom stereocenters. The number of carbonyl (C=O) groups excluding carboxylic acids is 1. The number of hydrogen-bond donors (Lipinski definition) is 0. The van der Waals surface area contributed by atoms with Gasteiger partial charge >= 0.3 is 0 Å². The number of fused-ring (bicyclic) bond motifs is 1. The molecule has 1 saturated heterocycles. The maximum atomic E-state index is 13.0. The summed E-state index contributed by atoms with van der Waals surface area (Å²) in [4.78, 5) is 30.4. The van der Waals surface area contributed by atoms with Crippen LogP contribution in [0.25, 0.3) is 16.3 Å². The maximum Gasteiger partial charge on any atom is 0.254 e. The van der Waals surface area contributed by atoms with Gasteiger partial charge in [-0.3, -0.25) is 4.79 Å². The third kappa shape index (κ3) is 4.38. The minimum Gasteiger partial charge on any atom is -0.493 e. The number of hydrogen-bond acceptors (Lipinski definition) is 8. The fourth-order valence-electron chi connectivity index (χ4n) is 4.02. The van der Waals surface area contributed by atoms with Gasteiger partial charge in [0.25, 0.3) is 5.78 Å². The standard InChI is InChI=1S/C23H25N7O2S/c1-3-32-19-7-5-4-6-18(19)22-27-17(14-33-22)13-21(31)29-10-8-28(9-11-29)20-12-16(2)26-23-24-15-25-30(20)23/h4-7,12,14-15H,3,8-11,13H2,1-2H3. The lowest BCUT2D eigenvalue weighted by Crippen LogP contribution is -2.49. The summed E-state index contributed by atoms with van der Waals surface area (Å²) in [5.41, 5.74) is 2.65. The average molecular weight is 464 g/mol. The molecule has 1 aliphatic heterocycles. The number of benzene rings is 1. The van der Waals surface area contributed by atoms with Gasteiger partial charge in [0.2, 0.25) is 5.91 Å². The van der Waals surface area contributed by atoms with E-state index in [2.05, 4.69) is 20.0 Å². The molecular weight excluding hydrogens is 438 g/mol. The van der Waals surface area contributed by atoms with Crippen molar-refractivity contribution in [3.63, 3.8) is 0 Å². The number of piperazine rings is 1. The van der Waals surface area contributed by atoms with Gasteiger partial charge in [0.15, 0.2) is 0 Å². The van der Waals surface area contributed by atoms with E-state index in [0.29, 0.717) is 31.9 Å². The van der Waals surface area contributed by atoms with E-state index in [1.807, 2.05) is 54.5 Å². The molecule has 5 rings (SSSR count). The summed E-state index contributed by atoms with van der Waals surface area (Å²) < 4.78 is 7.48. The Balaban J connectivity index is 1.23. The second kappa shape index (κ2) is 9.14. The molecule has 0 spiro atoms. The van der Waals surface area contributed by atoms with Crippen molar-refractivity contribution in [1.82, 2.24) is 29.5 Å². The van der Waals surface area contributed by atoms with E-state index in [1.54, 1.807) is 15.9 Å². The van der Waals surface area contributed by atoms with E-state index in [0.717, 1.165) is 46.6 Å². The molecule has 9 nitrogen and oxygen atoms in total. The number of carbonyl (C=O) groups is 1. The number of nitrogens with zero attached hydrogens (tertiary/aromatic N) is 7. The molecular formula is C23H25N7O2S. The number of rotatable bonds is 6. The van der Waals surface area contributed by atoms with Crippen LogP contribution in [0.4, 0.5) is 5.82 Å². The predicted octanol–water partition coefficient (Wildman–Crippen LogP) is 2.85. The highest BCUT2D eigenvalue weighted by atomic mass is 32.1. The smallest absolute Gasteiger partial charge is 0.254 e. The molecule has 0 unspecified atom stereocenters. The second-order valence-corrected chi connectivity index (χ2v) is 8.70. The van der Waals surface area contributed by atoms with Crippen molar-refractivity contribution in [2.45, 2.75) is 20.3 Å². The molecule has 10 heteroatoms. The van der Waals surface area contributed by atoms with E-state index < -0.39 is 0 Å². The van der Waals surface area contributed by atoms with E-state index >= 15 is 0 Å². The van der Waals surface area contributed by atoms with Gasteiger partial charge in [0.05, 0.1) is 24.3 Å². The first-order chi connectivity index (χ1) is 16.1. The van der Waals surface area contributed by atoms with E-state index in [1.165, 1.54) is 6.33 Å². The zero-order valence-electron chi connectivity index (χ0n) is 18.6. The van der Waals surface area contributed by atoms with Crippen molar-refractivity contribution >= 4 is 28.8 Å². The van der Waals surface area contributed by atoms with Crippen LogP contribution in [0, 0.1) is 6.92 Å².